The van der Waals surface area contributed by atoms with Crippen LogP contribution in [0.15, 0.2) is 24.4 Å². The summed E-state index contributed by atoms with van der Waals surface area (Å²) in [7, 11) is 2.15. The summed E-state index contributed by atoms with van der Waals surface area (Å²) in [5.74, 6) is 0.959. The molecule has 0 bridgehead atoms. The smallest absolute Gasteiger partial charge is 0.268 e. The lowest BCUT2D eigenvalue weighted by molar-refractivity contribution is -0.130. The fourth-order valence-corrected chi connectivity index (χ4v) is 4.96. The van der Waals surface area contributed by atoms with Gasteiger partial charge in [-0.1, -0.05) is 0 Å². The number of nitrogens with one attached hydrogen (secondary N) is 2. The van der Waals surface area contributed by atoms with Gasteiger partial charge in [0.05, 0.1) is 25.2 Å². The molecule has 0 radical (unpaired) electrons. The summed E-state index contributed by atoms with van der Waals surface area (Å²) in [6.07, 6.45) is 1.77. The molecular weight excluding hydrogens is 492 g/mol. The van der Waals surface area contributed by atoms with E-state index in [0.717, 1.165) is 44.7 Å². The summed E-state index contributed by atoms with van der Waals surface area (Å²) in [5, 5.41) is 6.34. The Morgan fingerprint density at radius 3 is 2.71 bits per heavy atom. The number of piperazine rings is 1. The average Bonchev–Trinajstić information content (AvgIpc) is 3.77. The van der Waals surface area contributed by atoms with Gasteiger partial charge in [-0.05, 0) is 56.0 Å². The fraction of sp³-hybridized carbons (Fsp3) is 0.593. The molecular formula is C27H37F2N7O2. The van der Waals surface area contributed by atoms with Crippen LogP contribution in [0.1, 0.15) is 49.2 Å². The van der Waals surface area contributed by atoms with Crippen LogP contribution in [0, 0.1) is 0 Å². The summed E-state index contributed by atoms with van der Waals surface area (Å²) in [6, 6.07) is 6.43. The van der Waals surface area contributed by atoms with Gasteiger partial charge in [0.2, 0.25) is 11.9 Å². The van der Waals surface area contributed by atoms with Crippen molar-refractivity contribution in [1.29, 1.82) is 0 Å². The normalized spacial score (nSPS) is 19.1. The Balaban J connectivity index is 1.25. The highest BCUT2D eigenvalue weighted by atomic mass is 19.3. The molecule has 2 saturated heterocycles. The average molecular weight is 530 g/mol. The quantitative estimate of drug-likeness (QED) is 0.449. The highest BCUT2D eigenvalue weighted by Crippen LogP contribution is 2.45. The van der Waals surface area contributed by atoms with Crippen molar-refractivity contribution in [3.05, 3.63) is 35.5 Å². The molecule has 2 aromatic rings. The first-order valence-corrected chi connectivity index (χ1v) is 13.6. The minimum atomic E-state index is -2.69. The van der Waals surface area contributed by atoms with E-state index >= 15 is 0 Å². The first-order chi connectivity index (χ1) is 18.5. The van der Waals surface area contributed by atoms with Crippen molar-refractivity contribution in [2.45, 2.75) is 38.0 Å². The van der Waals surface area contributed by atoms with E-state index in [4.69, 9.17) is 4.74 Å². The topological polar surface area (TPSA) is 85.9 Å². The van der Waals surface area contributed by atoms with E-state index in [1.165, 1.54) is 17.4 Å². The van der Waals surface area contributed by atoms with Crippen molar-refractivity contribution >= 4 is 29.0 Å². The standard InChI is InChI=1S/C27H37F2N7O2/c1-34-10-12-35(13-11-34)20-5-6-23(21(17-20)19-3-4-19)32-27-31-18-22(25(28)29)26(33-27)30-8-2-9-36-14-16-38-15-7-24(36)37/h5-6,17-19,25H,2-4,7-16H2,1H3,(H2,30,31,32,33). The molecule has 206 valence electrons. The Labute approximate surface area is 222 Å². The van der Waals surface area contributed by atoms with Gasteiger partial charge in [0, 0.05) is 63.4 Å². The van der Waals surface area contributed by atoms with Gasteiger partial charge in [0.1, 0.15) is 5.82 Å². The second-order valence-electron chi connectivity index (χ2n) is 10.3. The van der Waals surface area contributed by atoms with Crippen molar-refractivity contribution in [1.82, 2.24) is 19.8 Å². The van der Waals surface area contributed by atoms with Gasteiger partial charge in [0.25, 0.3) is 6.43 Å². The number of amides is 1. The maximum Gasteiger partial charge on any atom is 0.268 e. The van der Waals surface area contributed by atoms with Crippen molar-refractivity contribution in [3.8, 4) is 0 Å². The van der Waals surface area contributed by atoms with Crippen LogP contribution >= 0.6 is 0 Å². The number of likely N-dealkylation sites (N-methyl/N-ethyl adjacent to an activating group) is 1. The van der Waals surface area contributed by atoms with Crippen molar-refractivity contribution in [2.24, 2.45) is 0 Å². The van der Waals surface area contributed by atoms with Gasteiger partial charge in [-0.15, -0.1) is 0 Å². The lowest BCUT2D eigenvalue weighted by Gasteiger charge is -2.34. The minimum Gasteiger partial charge on any atom is -0.379 e. The summed E-state index contributed by atoms with van der Waals surface area (Å²) < 4.78 is 32.7. The Bertz CT molecular complexity index is 1110. The monoisotopic (exact) mass is 529 g/mol. The number of alkyl halides is 2. The Hall–Kier alpha value is -3.05. The van der Waals surface area contributed by atoms with Crippen LogP contribution in [0.4, 0.5) is 31.9 Å². The molecule has 2 aliphatic heterocycles. The van der Waals surface area contributed by atoms with Crippen molar-refractivity contribution < 1.29 is 18.3 Å². The lowest BCUT2D eigenvalue weighted by Crippen LogP contribution is -2.44. The number of halogens is 2. The summed E-state index contributed by atoms with van der Waals surface area (Å²) in [5.41, 5.74) is 3.13. The maximum atomic E-state index is 13.7. The first kappa shape index (κ1) is 26.6. The fourth-order valence-electron chi connectivity index (χ4n) is 4.96. The number of hydrogen-bond donors (Lipinski definition) is 2. The molecule has 2 N–H and O–H groups in total. The molecule has 5 rings (SSSR count). The molecule has 11 heteroatoms. The molecule has 0 unspecified atom stereocenters. The van der Waals surface area contributed by atoms with Gasteiger partial charge < -0.3 is 30.1 Å². The SMILES string of the molecule is CN1CCN(c2ccc(Nc3ncc(C(F)F)c(NCCCN4CCOCCC4=O)n3)c(C3CC3)c2)CC1. The van der Waals surface area contributed by atoms with Crippen LogP contribution < -0.4 is 15.5 Å². The van der Waals surface area contributed by atoms with Crippen LogP contribution in [0.3, 0.4) is 0 Å². The van der Waals surface area contributed by atoms with E-state index < -0.39 is 6.43 Å². The van der Waals surface area contributed by atoms with Gasteiger partial charge >= 0.3 is 0 Å². The van der Waals surface area contributed by atoms with Gasteiger partial charge in [0.15, 0.2) is 0 Å². The Morgan fingerprint density at radius 1 is 1.13 bits per heavy atom. The molecule has 9 nitrogen and oxygen atoms in total. The predicted molar refractivity (Wildman–Crippen MR) is 144 cm³/mol. The first-order valence-electron chi connectivity index (χ1n) is 13.6. The Morgan fingerprint density at radius 2 is 1.95 bits per heavy atom. The van der Waals surface area contributed by atoms with Gasteiger partial charge in [-0.3, -0.25) is 4.79 Å². The van der Waals surface area contributed by atoms with Crippen LogP contribution in [0.25, 0.3) is 0 Å². The van der Waals surface area contributed by atoms with Crippen LogP contribution in [-0.4, -0.2) is 91.7 Å². The number of anilines is 4. The summed E-state index contributed by atoms with van der Waals surface area (Å²) in [6.45, 7) is 6.56. The highest BCUT2D eigenvalue weighted by Gasteiger charge is 2.28. The van der Waals surface area contributed by atoms with E-state index in [-0.39, 0.29) is 23.2 Å². The largest absolute Gasteiger partial charge is 0.379 e. The molecule has 3 heterocycles. The number of carbonyl (C=O) groups is 1. The number of carbonyl (C=O) groups excluding carboxylic acids is 1. The third-order valence-corrected chi connectivity index (χ3v) is 7.44. The third kappa shape index (κ3) is 6.68. The molecule has 0 atom stereocenters. The summed E-state index contributed by atoms with van der Waals surface area (Å²) >= 11 is 0. The number of nitrogens with zero attached hydrogens (tertiary/aromatic N) is 5. The van der Waals surface area contributed by atoms with Gasteiger partial charge in [-0.2, -0.15) is 4.98 Å². The van der Waals surface area contributed by atoms with Crippen LogP contribution in [0.5, 0.6) is 0 Å². The van der Waals surface area contributed by atoms with E-state index in [2.05, 4.69) is 55.6 Å². The third-order valence-electron chi connectivity index (χ3n) is 7.44. The zero-order valence-electron chi connectivity index (χ0n) is 22.0. The van der Waals surface area contributed by atoms with Crippen LogP contribution in [0.2, 0.25) is 0 Å². The van der Waals surface area contributed by atoms with E-state index in [1.54, 1.807) is 4.90 Å². The number of hydrogen-bond acceptors (Lipinski definition) is 8. The Kier molecular flexibility index (Phi) is 8.53. The molecule has 3 fully saturated rings. The molecule has 1 aromatic heterocycles. The second-order valence-corrected chi connectivity index (χ2v) is 10.3. The zero-order valence-corrected chi connectivity index (χ0v) is 22.0. The molecule has 1 aromatic carbocycles. The van der Waals surface area contributed by atoms with E-state index in [0.29, 0.717) is 51.6 Å². The second kappa shape index (κ2) is 12.2. The number of benzene rings is 1. The lowest BCUT2D eigenvalue weighted by atomic mass is 10.1. The number of aromatic nitrogens is 2. The maximum absolute atomic E-state index is 13.7. The van der Waals surface area contributed by atoms with E-state index in [9.17, 15) is 13.6 Å². The highest BCUT2D eigenvalue weighted by molar-refractivity contribution is 5.76. The van der Waals surface area contributed by atoms with E-state index in [1.807, 2.05) is 0 Å². The predicted octanol–water partition coefficient (Wildman–Crippen LogP) is 3.84. The molecule has 3 aliphatic rings. The molecule has 1 saturated carbocycles. The number of rotatable bonds is 10. The molecule has 0 spiro atoms. The number of ether oxygens (including phenoxy) is 1. The van der Waals surface area contributed by atoms with Crippen molar-refractivity contribution in [2.75, 3.05) is 81.6 Å². The molecule has 1 amide bonds. The molecule has 1 aliphatic carbocycles. The van der Waals surface area contributed by atoms with Crippen LogP contribution in [-0.2, 0) is 9.53 Å². The zero-order chi connectivity index (χ0) is 26.5. The minimum absolute atomic E-state index is 0.0643. The molecule has 38 heavy (non-hydrogen) atoms. The van der Waals surface area contributed by atoms with Gasteiger partial charge in [-0.25, -0.2) is 13.8 Å². The van der Waals surface area contributed by atoms with Crippen molar-refractivity contribution in [3.63, 3.8) is 0 Å². The summed E-state index contributed by atoms with van der Waals surface area (Å²) in [4.78, 5) is 27.3.